The predicted molar refractivity (Wildman–Crippen MR) is 78.7 cm³/mol. The van der Waals surface area contributed by atoms with Gasteiger partial charge in [-0.3, -0.25) is 4.90 Å². The van der Waals surface area contributed by atoms with Crippen LogP contribution in [0.15, 0.2) is 60.7 Å². The van der Waals surface area contributed by atoms with E-state index in [9.17, 15) is 5.11 Å². The summed E-state index contributed by atoms with van der Waals surface area (Å²) in [5, 5.41) is 18.7. The first-order valence-electron chi connectivity index (χ1n) is 6.66. The second-order valence-corrected chi connectivity index (χ2v) is 4.66. The van der Waals surface area contributed by atoms with Crippen LogP contribution in [-0.4, -0.2) is 23.2 Å². The van der Waals surface area contributed by atoms with Gasteiger partial charge in [-0.15, -0.1) is 0 Å². The molecule has 2 aromatic carbocycles. The first-order chi connectivity index (χ1) is 9.85. The summed E-state index contributed by atoms with van der Waals surface area (Å²) < 4.78 is 0. The van der Waals surface area contributed by atoms with Crippen molar-refractivity contribution in [2.75, 3.05) is 13.2 Å². The molecule has 0 bridgehead atoms. The highest BCUT2D eigenvalue weighted by atomic mass is 16.3. The van der Waals surface area contributed by atoms with E-state index in [2.05, 4.69) is 6.07 Å². The lowest BCUT2D eigenvalue weighted by molar-refractivity contribution is 0.130. The molecule has 1 N–H and O–H groups in total. The van der Waals surface area contributed by atoms with E-state index in [1.165, 1.54) is 0 Å². The van der Waals surface area contributed by atoms with Crippen LogP contribution in [0.2, 0.25) is 0 Å². The van der Waals surface area contributed by atoms with E-state index in [1.807, 2.05) is 65.6 Å². The summed E-state index contributed by atoms with van der Waals surface area (Å²) in [7, 11) is 0. The van der Waals surface area contributed by atoms with Crippen molar-refractivity contribution in [2.24, 2.45) is 0 Å². The SMILES string of the molecule is N#CCN(Cc1ccccc1)[C@H](CO)c1ccccc1. The Labute approximate surface area is 119 Å². The first-order valence-corrected chi connectivity index (χ1v) is 6.66. The summed E-state index contributed by atoms with van der Waals surface area (Å²) in [6.45, 7) is 0.933. The normalized spacial score (nSPS) is 12.1. The zero-order valence-electron chi connectivity index (χ0n) is 11.3. The average Bonchev–Trinajstić information content (AvgIpc) is 2.50. The largest absolute Gasteiger partial charge is 0.394 e. The van der Waals surface area contributed by atoms with Crippen LogP contribution >= 0.6 is 0 Å². The summed E-state index contributed by atoms with van der Waals surface area (Å²) in [6.07, 6.45) is 0. The highest BCUT2D eigenvalue weighted by molar-refractivity contribution is 5.21. The molecule has 0 saturated carbocycles. The van der Waals surface area contributed by atoms with Crippen LogP contribution in [-0.2, 0) is 6.54 Å². The monoisotopic (exact) mass is 266 g/mol. The van der Waals surface area contributed by atoms with Gasteiger partial charge in [0.1, 0.15) is 0 Å². The Morgan fingerprint density at radius 1 is 1.00 bits per heavy atom. The Hall–Kier alpha value is -2.15. The van der Waals surface area contributed by atoms with Crippen molar-refractivity contribution in [2.45, 2.75) is 12.6 Å². The molecule has 3 heteroatoms. The fourth-order valence-corrected chi connectivity index (χ4v) is 2.29. The number of hydrogen-bond donors (Lipinski definition) is 1. The van der Waals surface area contributed by atoms with Crippen molar-refractivity contribution in [3.8, 4) is 6.07 Å². The Morgan fingerprint density at radius 2 is 1.60 bits per heavy atom. The van der Waals surface area contributed by atoms with Crippen molar-refractivity contribution < 1.29 is 5.11 Å². The Kier molecular flexibility index (Phi) is 5.31. The molecule has 102 valence electrons. The van der Waals surface area contributed by atoms with Crippen LogP contribution < -0.4 is 0 Å². The van der Waals surface area contributed by atoms with Gasteiger partial charge in [0.05, 0.1) is 25.3 Å². The average molecular weight is 266 g/mol. The number of aliphatic hydroxyl groups is 1. The van der Waals surface area contributed by atoms with Crippen molar-refractivity contribution >= 4 is 0 Å². The van der Waals surface area contributed by atoms with Gasteiger partial charge >= 0.3 is 0 Å². The molecule has 0 aliphatic carbocycles. The minimum atomic E-state index is -0.156. The molecule has 0 aromatic heterocycles. The second-order valence-electron chi connectivity index (χ2n) is 4.66. The molecule has 0 radical (unpaired) electrons. The van der Waals surface area contributed by atoms with Crippen LogP contribution in [0, 0.1) is 11.3 Å². The van der Waals surface area contributed by atoms with Gasteiger partial charge in [-0.25, -0.2) is 0 Å². The van der Waals surface area contributed by atoms with Crippen LogP contribution in [0.1, 0.15) is 17.2 Å². The molecule has 2 rings (SSSR count). The standard InChI is InChI=1S/C17H18N2O/c18-11-12-19(13-15-7-3-1-4-8-15)17(14-20)16-9-5-2-6-10-16/h1-10,17,20H,12-14H2/t17-/m1/s1. The molecule has 0 heterocycles. The van der Waals surface area contributed by atoms with Crippen LogP contribution in [0.5, 0.6) is 0 Å². The van der Waals surface area contributed by atoms with Crippen molar-refractivity contribution in [1.82, 2.24) is 4.90 Å². The molecule has 1 atom stereocenters. The zero-order valence-corrected chi connectivity index (χ0v) is 11.3. The summed E-state index contributed by atoms with van der Waals surface area (Å²) in [4.78, 5) is 1.99. The van der Waals surface area contributed by atoms with Crippen molar-refractivity contribution in [3.63, 3.8) is 0 Å². The minimum Gasteiger partial charge on any atom is -0.394 e. The Morgan fingerprint density at radius 3 is 2.15 bits per heavy atom. The maximum Gasteiger partial charge on any atom is 0.0874 e. The zero-order chi connectivity index (χ0) is 14.2. The maximum absolute atomic E-state index is 9.70. The molecule has 3 nitrogen and oxygen atoms in total. The van der Waals surface area contributed by atoms with E-state index in [4.69, 9.17) is 5.26 Å². The lowest BCUT2D eigenvalue weighted by Crippen LogP contribution is -2.31. The molecule has 20 heavy (non-hydrogen) atoms. The topological polar surface area (TPSA) is 47.3 Å². The van der Waals surface area contributed by atoms with E-state index in [-0.39, 0.29) is 19.2 Å². The summed E-state index contributed by atoms with van der Waals surface area (Å²) >= 11 is 0. The lowest BCUT2D eigenvalue weighted by Gasteiger charge is -2.28. The third-order valence-corrected chi connectivity index (χ3v) is 3.30. The van der Waals surface area contributed by atoms with Gasteiger partial charge < -0.3 is 5.11 Å². The van der Waals surface area contributed by atoms with Crippen molar-refractivity contribution in [1.29, 1.82) is 5.26 Å². The van der Waals surface area contributed by atoms with Gasteiger partial charge in [0.15, 0.2) is 0 Å². The smallest absolute Gasteiger partial charge is 0.0874 e. The van der Waals surface area contributed by atoms with Gasteiger partial charge in [0.2, 0.25) is 0 Å². The van der Waals surface area contributed by atoms with Gasteiger partial charge in [0.25, 0.3) is 0 Å². The lowest BCUT2D eigenvalue weighted by atomic mass is 10.0. The molecule has 2 aromatic rings. The van der Waals surface area contributed by atoms with Crippen molar-refractivity contribution in [3.05, 3.63) is 71.8 Å². The Balaban J connectivity index is 2.20. The highest BCUT2D eigenvalue weighted by Gasteiger charge is 2.19. The van der Waals surface area contributed by atoms with Gasteiger partial charge in [-0.1, -0.05) is 60.7 Å². The predicted octanol–water partition coefficient (Wildman–Crippen LogP) is 2.75. The number of rotatable bonds is 6. The van der Waals surface area contributed by atoms with E-state index in [0.29, 0.717) is 6.54 Å². The van der Waals surface area contributed by atoms with Gasteiger partial charge in [-0.2, -0.15) is 5.26 Å². The fourth-order valence-electron chi connectivity index (χ4n) is 2.29. The molecule has 0 fully saturated rings. The molecular weight excluding hydrogens is 248 g/mol. The molecule has 0 aliphatic rings. The van der Waals surface area contributed by atoms with E-state index < -0.39 is 0 Å². The van der Waals surface area contributed by atoms with E-state index in [1.54, 1.807) is 0 Å². The fraction of sp³-hybridized carbons (Fsp3) is 0.235. The highest BCUT2D eigenvalue weighted by Crippen LogP contribution is 2.21. The van der Waals surface area contributed by atoms with Crippen LogP contribution in [0.4, 0.5) is 0 Å². The second kappa shape index (κ2) is 7.44. The minimum absolute atomic E-state index is 0.00146. The van der Waals surface area contributed by atoms with Gasteiger partial charge in [0, 0.05) is 6.54 Å². The van der Waals surface area contributed by atoms with E-state index in [0.717, 1.165) is 11.1 Å². The molecule has 0 spiro atoms. The summed E-state index contributed by atoms with van der Waals surface area (Å²) in [5.74, 6) is 0. The molecule has 0 aliphatic heterocycles. The molecule has 0 amide bonds. The Bertz CT molecular complexity index is 548. The third kappa shape index (κ3) is 3.67. The summed E-state index contributed by atoms with van der Waals surface area (Å²) in [6, 6.07) is 21.8. The quantitative estimate of drug-likeness (QED) is 0.818. The number of benzene rings is 2. The number of aliphatic hydroxyl groups excluding tert-OH is 1. The summed E-state index contributed by atoms with van der Waals surface area (Å²) in [5.41, 5.74) is 2.17. The molecule has 0 unspecified atom stereocenters. The number of nitriles is 1. The third-order valence-electron chi connectivity index (χ3n) is 3.30. The first kappa shape index (κ1) is 14.3. The maximum atomic E-state index is 9.70. The number of hydrogen-bond acceptors (Lipinski definition) is 3. The van der Waals surface area contributed by atoms with Crippen LogP contribution in [0.3, 0.4) is 0 Å². The van der Waals surface area contributed by atoms with Gasteiger partial charge in [-0.05, 0) is 11.1 Å². The number of nitrogens with zero attached hydrogens (tertiary/aromatic N) is 2. The molecular formula is C17H18N2O. The van der Waals surface area contributed by atoms with Crippen LogP contribution in [0.25, 0.3) is 0 Å². The van der Waals surface area contributed by atoms with E-state index >= 15 is 0 Å². The molecule has 0 saturated heterocycles.